The summed E-state index contributed by atoms with van der Waals surface area (Å²) in [4.78, 5) is 14.8. The van der Waals surface area contributed by atoms with Crippen molar-refractivity contribution in [1.29, 1.82) is 0 Å². The van der Waals surface area contributed by atoms with Gasteiger partial charge in [0.2, 0.25) is 11.0 Å². The summed E-state index contributed by atoms with van der Waals surface area (Å²) in [5, 5.41) is 12.1. The van der Waals surface area contributed by atoms with Gasteiger partial charge in [0.25, 0.3) is 0 Å². The Morgan fingerprint density at radius 1 is 1.31 bits per heavy atom. The van der Waals surface area contributed by atoms with Crippen LogP contribution in [0.5, 0.6) is 0 Å². The van der Waals surface area contributed by atoms with E-state index < -0.39 is 0 Å². The summed E-state index contributed by atoms with van der Waals surface area (Å²) in [6.45, 7) is 6.72. The summed E-state index contributed by atoms with van der Waals surface area (Å²) < 4.78 is 13.9. The van der Waals surface area contributed by atoms with Crippen molar-refractivity contribution in [2.24, 2.45) is 5.92 Å². The molecule has 1 amide bonds. The van der Waals surface area contributed by atoms with E-state index in [1.165, 1.54) is 23.5 Å². The van der Waals surface area contributed by atoms with E-state index in [-0.39, 0.29) is 17.6 Å². The molecule has 1 aliphatic heterocycles. The van der Waals surface area contributed by atoms with Crippen LogP contribution >= 0.6 is 23.1 Å². The molecule has 26 heavy (non-hydrogen) atoms. The average Bonchev–Trinajstić information content (AvgIpc) is 3.03. The highest BCUT2D eigenvalue weighted by molar-refractivity contribution is 8.01. The van der Waals surface area contributed by atoms with E-state index in [4.69, 9.17) is 0 Å². The highest BCUT2D eigenvalue weighted by atomic mass is 32.2. The third-order valence-electron chi connectivity index (χ3n) is 4.25. The van der Waals surface area contributed by atoms with Gasteiger partial charge in [-0.25, -0.2) is 4.39 Å². The number of carbonyl (C=O) groups excluding carboxylic acids is 1. The lowest BCUT2D eigenvalue weighted by atomic mass is 9.95. The van der Waals surface area contributed by atoms with Crippen LogP contribution in [0.3, 0.4) is 0 Å². The lowest BCUT2D eigenvalue weighted by Gasteiger charge is -2.31. The number of nitrogens with zero attached hydrogens (tertiary/aromatic N) is 3. The number of thioether (sulfide) groups is 1. The largest absolute Gasteiger partial charge is 0.300 e. The molecule has 2 aromatic rings. The fourth-order valence-corrected chi connectivity index (χ4v) is 4.90. The van der Waals surface area contributed by atoms with Gasteiger partial charge in [-0.3, -0.25) is 9.69 Å². The fraction of sp³-hybridized carbons (Fsp3) is 0.500. The summed E-state index contributed by atoms with van der Waals surface area (Å²) in [5.74, 6) is -0.177. The standard InChI is InChI=1S/C18H23FN4OS2/c1-12(2)25-18-22-21-17(26-18)20-16(24)14-7-9-23(10-8-14)11-13-3-5-15(19)6-4-13/h3-6,12,14H,7-11H2,1-2H3,(H,20,21,24). The number of nitrogens with one attached hydrogen (secondary N) is 1. The van der Waals surface area contributed by atoms with E-state index >= 15 is 0 Å². The van der Waals surface area contributed by atoms with E-state index in [2.05, 4.69) is 34.3 Å². The van der Waals surface area contributed by atoms with Gasteiger partial charge in [-0.15, -0.1) is 10.2 Å². The van der Waals surface area contributed by atoms with Gasteiger partial charge in [0.05, 0.1) is 0 Å². The molecular weight excluding hydrogens is 371 g/mol. The second-order valence-electron chi connectivity index (χ2n) is 6.71. The van der Waals surface area contributed by atoms with Crippen LogP contribution in [-0.2, 0) is 11.3 Å². The normalized spacial score (nSPS) is 16.2. The van der Waals surface area contributed by atoms with Crippen LogP contribution in [0.2, 0.25) is 0 Å². The Bertz CT molecular complexity index is 727. The van der Waals surface area contributed by atoms with E-state index in [0.29, 0.717) is 10.4 Å². The zero-order chi connectivity index (χ0) is 18.5. The third kappa shape index (κ3) is 5.49. The van der Waals surface area contributed by atoms with Gasteiger partial charge in [0, 0.05) is 17.7 Å². The van der Waals surface area contributed by atoms with Crippen molar-refractivity contribution in [3.8, 4) is 0 Å². The van der Waals surface area contributed by atoms with Crippen LogP contribution in [-0.4, -0.2) is 39.3 Å². The minimum Gasteiger partial charge on any atom is -0.300 e. The SMILES string of the molecule is CC(C)Sc1nnc(NC(=O)C2CCN(Cc3ccc(F)cc3)CC2)s1. The van der Waals surface area contributed by atoms with Crippen molar-refractivity contribution in [3.05, 3.63) is 35.6 Å². The Morgan fingerprint density at radius 2 is 2.00 bits per heavy atom. The first-order valence-electron chi connectivity index (χ1n) is 8.77. The number of carbonyl (C=O) groups is 1. The van der Waals surface area contributed by atoms with Gasteiger partial charge < -0.3 is 5.32 Å². The van der Waals surface area contributed by atoms with Crippen molar-refractivity contribution >= 4 is 34.1 Å². The Labute approximate surface area is 161 Å². The molecule has 3 rings (SSSR count). The molecule has 1 aromatic carbocycles. The molecule has 0 saturated carbocycles. The molecule has 8 heteroatoms. The Morgan fingerprint density at radius 3 is 2.65 bits per heavy atom. The van der Waals surface area contributed by atoms with E-state index in [9.17, 15) is 9.18 Å². The van der Waals surface area contributed by atoms with Gasteiger partial charge in [-0.1, -0.05) is 49.1 Å². The highest BCUT2D eigenvalue weighted by Gasteiger charge is 2.25. The second-order valence-corrected chi connectivity index (χ2v) is 9.51. The number of benzene rings is 1. The molecule has 2 heterocycles. The Kier molecular flexibility index (Phi) is 6.61. The van der Waals surface area contributed by atoms with E-state index in [0.717, 1.165) is 42.4 Å². The van der Waals surface area contributed by atoms with E-state index in [1.807, 2.05) is 12.1 Å². The van der Waals surface area contributed by atoms with Crippen molar-refractivity contribution in [3.63, 3.8) is 0 Å². The van der Waals surface area contributed by atoms with Gasteiger partial charge in [-0.05, 0) is 43.6 Å². The monoisotopic (exact) mass is 394 g/mol. The van der Waals surface area contributed by atoms with Crippen LogP contribution in [0, 0.1) is 11.7 Å². The van der Waals surface area contributed by atoms with Crippen LogP contribution in [0.4, 0.5) is 9.52 Å². The quantitative estimate of drug-likeness (QED) is 0.592. The summed E-state index contributed by atoms with van der Waals surface area (Å²) in [6.07, 6.45) is 1.64. The van der Waals surface area contributed by atoms with Gasteiger partial charge >= 0.3 is 0 Å². The lowest BCUT2D eigenvalue weighted by molar-refractivity contribution is -0.121. The lowest BCUT2D eigenvalue weighted by Crippen LogP contribution is -2.37. The molecule has 0 atom stereocenters. The number of likely N-dealkylation sites (tertiary alicyclic amines) is 1. The molecule has 0 bridgehead atoms. The average molecular weight is 395 g/mol. The zero-order valence-electron chi connectivity index (χ0n) is 14.9. The predicted octanol–water partition coefficient (Wildman–Crippen LogP) is 4.03. The minimum atomic E-state index is -0.212. The van der Waals surface area contributed by atoms with Crippen molar-refractivity contribution in [1.82, 2.24) is 15.1 Å². The number of anilines is 1. The fourth-order valence-electron chi connectivity index (χ4n) is 2.92. The molecule has 0 spiro atoms. The molecule has 0 unspecified atom stereocenters. The number of rotatable bonds is 6. The molecule has 1 aliphatic rings. The first kappa shape index (κ1) is 19.3. The summed E-state index contributed by atoms with van der Waals surface area (Å²) in [6, 6.07) is 6.61. The maximum atomic E-state index is 13.0. The first-order chi connectivity index (χ1) is 12.5. The number of hydrogen-bond donors (Lipinski definition) is 1. The second kappa shape index (κ2) is 8.92. The molecular formula is C18H23FN4OS2. The van der Waals surface area contributed by atoms with Crippen LogP contribution in [0.25, 0.3) is 0 Å². The van der Waals surface area contributed by atoms with Gasteiger partial charge in [-0.2, -0.15) is 0 Å². The third-order valence-corrected chi connectivity index (χ3v) is 6.18. The molecule has 140 valence electrons. The molecule has 1 N–H and O–H groups in total. The molecule has 1 fully saturated rings. The van der Waals surface area contributed by atoms with Crippen molar-refractivity contribution in [2.75, 3.05) is 18.4 Å². The molecule has 1 saturated heterocycles. The van der Waals surface area contributed by atoms with Crippen LogP contribution in [0.1, 0.15) is 32.3 Å². The van der Waals surface area contributed by atoms with Gasteiger partial charge in [0.15, 0.2) is 4.34 Å². The first-order valence-corrected chi connectivity index (χ1v) is 10.5. The molecule has 0 radical (unpaired) electrons. The number of halogens is 1. The minimum absolute atomic E-state index is 0.00423. The summed E-state index contributed by atoms with van der Waals surface area (Å²) in [7, 11) is 0. The highest BCUT2D eigenvalue weighted by Crippen LogP contribution is 2.29. The zero-order valence-corrected chi connectivity index (χ0v) is 16.6. The van der Waals surface area contributed by atoms with Gasteiger partial charge in [0.1, 0.15) is 5.82 Å². The molecule has 5 nitrogen and oxygen atoms in total. The summed E-state index contributed by atoms with van der Waals surface area (Å²) >= 11 is 3.07. The van der Waals surface area contributed by atoms with E-state index in [1.54, 1.807) is 11.8 Å². The summed E-state index contributed by atoms with van der Waals surface area (Å²) in [5.41, 5.74) is 1.10. The smallest absolute Gasteiger partial charge is 0.229 e. The van der Waals surface area contributed by atoms with Crippen molar-refractivity contribution in [2.45, 2.75) is 42.8 Å². The maximum Gasteiger partial charge on any atom is 0.229 e. The number of hydrogen-bond acceptors (Lipinski definition) is 6. The molecule has 1 aromatic heterocycles. The predicted molar refractivity (Wildman–Crippen MR) is 104 cm³/mol. The van der Waals surface area contributed by atoms with Crippen LogP contribution in [0.15, 0.2) is 28.6 Å². The number of aromatic nitrogens is 2. The van der Waals surface area contributed by atoms with Crippen LogP contribution < -0.4 is 5.32 Å². The number of amides is 1. The Hall–Kier alpha value is -1.51. The Balaban J connectivity index is 1.46. The molecule has 0 aliphatic carbocycles. The number of piperidine rings is 1. The van der Waals surface area contributed by atoms with Crippen molar-refractivity contribution < 1.29 is 9.18 Å². The maximum absolute atomic E-state index is 13.0. The topological polar surface area (TPSA) is 58.1 Å².